The molecule has 0 saturated carbocycles. The Balaban J connectivity index is 1.69. The summed E-state index contributed by atoms with van der Waals surface area (Å²) < 4.78 is 7.33. The molecule has 0 unspecified atom stereocenters. The van der Waals surface area contributed by atoms with Gasteiger partial charge < -0.3 is 9.64 Å². The summed E-state index contributed by atoms with van der Waals surface area (Å²) in [5, 5.41) is 4.63. The van der Waals surface area contributed by atoms with E-state index in [1.807, 2.05) is 21.7 Å². The van der Waals surface area contributed by atoms with Crippen molar-refractivity contribution in [2.24, 2.45) is 0 Å². The van der Waals surface area contributed by atoms with Gasteiger partial charge in [-0.05, 0) is 31.4 Å². The van der Waals surface area contributed by atoms with Crippen LogP contribution in [0.1, 0.15) is 41.6 Å². The molecule has 25 heavy (non-hydrogen) atoms. The summed E-state index contributed by atoms with van der Waals surface area (Å²) in [5.74, 6) is 0.400. The predicted molar refractivity (Wildman–Crippen MR) is 97.4 cm³/mol. The Bertz CT molecular complexity index is 738. The quantitative estimate of drug-likeness (QED) is 0.812. The van der Waals surface area contributed by atoms with Gasteiger partial charge in [0.2, 0.25) is 5.91 Å². The first-order valence-electron chi connectivity index (χ1n) is 8.99. The van der Waals surface area contributed by atoms with Crippen molar-refractivity contribution in [2.75, 3.05) is 20.3 Å². The Hall–Kier alpha value is -2.14. The number of hydrogen-bond acceptors (Lipinski definition) is 3. The summed E-state index contributed by atoms with van der Waals surface area (Å²) in [6, 6.07) is 8.27. The Morgan fingerprint density at radius 1 is 1.36 bits per heavy atom. The third-order valence-electron chi connectivity index (χ3n) is 5.01. The van der Waals surface area contributed by atoms with Crippen molar-refractivity contribution in [3.8, 4) is 0 Å². The third kappa shape index (κ3) is 3.93. The fourth-order valence-electron chi connectivity index (χ4n) is 3.54. The zero-order chi connectivity index (χ0) is 17.8. The molecule has 1 aromatic heterocycles. The van der Waals surface area contributed by atoms with Gasteiger partial charge >= 0.3 is 0 Å². The van der Waals surface area contributed by atoms with Crippen LogP contribution in [-0.2, 0) is 29.0 Å². The van der Waals surface area contributed by atoms with Crippen molar-refractivity contribution in [1.82, 2.24) is 14.7 Å². The second kappa shape index (κ2) is 7.83. The minimum Gasteiger partial charge on any atom is -0.384 e. The lowest BCUT2D eigenvalue weighted by Crippen LogP contribution is -2.39. The Kier molecular flexibility index (Phi) is 5.53. The molecule has 0 fully saturated rings. The maximum Gasteiger partial charge on any atom is 0.223 e. The molecule has 0 N–H and O–H groups in total. The van der Waals surface area contributed by atoms with E-state index < -0.39 is 0 Å². The Morgan fingerprint density at radius 2 is 2.16 bits per heavy atom. The van der Waals surface area contributed by atoms with E-state index in [-0.39, 0.29) is 11.8 Å². The van der Waals surface area contributed by atoms with E-state index in [0.717, 1.165) is 18.7 Å². The van der Waals surface area contributed by atoms with E-state index >= 15 is 0 Å². The zero-order valence-corrected chi connectivity index (χ0v) is 15.4. The molecule has 0 bridgehead atoms. The molecule has 0 radical (unpaired) electrons. The number of methoxy groups -OCH3 is 1. The number of hydrogen-bond donors (Lipinski definition) is 0. The highest BCUT2D eigenvalue weighted by molar-refractivity contribution is 5.77. The number of aromatic nitrogens is 2. The van der Waals surface area contributed by atoms with Crippen LogP contribution in [0.25, 0.3) is 0 Å². The number of amides is 1. The maximum absolute atomic E-state index is 12.8. The maximum atomic E-state index is 12.8. The number of carbonyl (C=O) groups is 1. The highest BCUT2D eigenvalue weighted by atomic mass is 16.5. The van der Waals surface area contributed by atoms with Gasteiger partial charge in [0.15, 0.2) is 0 Å². The topological polar surface area (TPSA) is 47.4 Å². The Labute approximate surface area is 149 Å². The number of aryl methyl sites for hydroxylation is 3. The van der Waals surface area contributed by atoms with Crippen molar-refractivity contribution < 1.29 is 9.53 Å². The molecule has 0 aliphatic carbocycles. The average Bonchev–Trinajstić information content (AvgIpc) is 3.04. The summed E-state index contributed by atoms with van der Waals surface area (Å²) in [7, 11) is 1.71. The lowest BCUT2D eigenvalue weighted by atomic mass is 9.95. The molecule has 1 amide bonds. The first-order valence-corrected chi connectivity index (χ1v) is 8.99. The number of fused-ring (bicyclic) bond motifs is 1. The SMILES string of the molecule is CCn1cc2c(n1)CN(C(=O)CCc1ccccc1C)C[C@H]2COC. The lowest BCUT2D eigenvalue weighted by Gasteiger charge is -2.32. The monoisotopic (exact) mass is 341 g/mol. The van der Waals surface area contributed by atoms with E-state index in [1.165, 1.54) is 16.7 Å². The number of benzene rings is 1. The molecule has 134 valence electrons. The molecule has 1 aromatic carbocycles. The molecule has 3 rings (SSSR count). The van der Waals surface area contributed by atoms with Crippen molar-refractivity contribution in [3.05, 3.63) is 52.8 Å². The van der Waals surface area contributed by atoms with Crippen LogP contribution in [0.3, 0.4) is 0 Å². The van der Waals surface area contributed by atoms with Gasteiger partial charge in [-0.1, -0.05) is 24.3 Å². The third-order valence-corrected chi connectivity index (χ3v) is 5.01. The predicted octanol–water partition coefficient (Wildman–Crippen LogP) is 2.92. The van der Waals surface area contributed by atoms with Crippen molar-refractivity contribution >= 4 is 5.91 Å². The highest BCUT2D eigenvalue weighted by Crippen LogP contribution is 2.28. The fraction of sp³-hybridized carbons (Fsp3) is 0.500. The first kappa shape index (κ1) is 17.7. The zero-order valence-electron chi connectivity index (χ0n) is 15.4. The van der Waals surface area contributed by atoms with Crippen LogP contribution in [0.15, 0.2) is 30.5 Å². The van der Waals surface area contributed by atoms with Crippen LogP contribution in [0.5, 0.6) is 0 Å². The van der Waals surface area contributed by atoms with Gasteiger partial charge in [-0.3, -0.25) is 9.48 Å². The molecule has 2 aromatic rings. The molecule has 1 aliphatic heterocycles. The summed E-state index contributed by atoms with van der Waals surface area (Å²) in [6.07, 6.45) is 3.43. The minimum absolute atomic E-state index is 0.195. The molecule has 1 atom stereocenters. The van der Waals surface area contributed by atoms with Crippen molar-refractivity contribution in [2.45, 2.75) is 45.7 Å². The normalized spacial score (nSPS) is 16.8. The van der Waals surface area contributed by atoms with Crippen molar-refractivity contribution in [1.29, 1.82) is 0 Å². The molecular weight excluding hydrogens is 314 g/mol. The number of nitrogens with zero attached hydrogens (tertiary/aromatic N) is 3. The molecule has 1 aliphatic rings. The molecular formula is C20H27N3O2. The van der Waals surface area contributed by atoms with E-state index in [0.29, 0.717) is 26.1 Å². The number of rotatable bonds is 6. The van der Waals surface area contributed by atoms with E-state index in [9.17, 15) is 4.79 Å². The molecule has 2 heterocycles. The largest absolute Gasteiger partial charge is 0.384 e. The van der Waals surface area contributed by atoms with E-state index in [4.69, 9.17) is 4.74 Å². The van der Waals surface area contributed by atoms with Gasteiger partial charge in [0, 0.05) is 44.3 Å². The number of carbonyl (C=O) groups excluding carboxylic acids is 1. The second-order valence-electron chi connectivity index (χ2n) is 6.74. The minimum atomic E-state index is 0.195. The van der Waals surface area contributed by atoms with Gasteiger partial charge in [-0.25, -0.2) is 0 Å². The van der Waals surface area contributed by atoms with Crippen LogP contribution >= 0.6 is 0 Å². The lowest BCUT2D eigenvalue weighted by molar-refractivity contribution is -0.132. The standard InChI is InChI=1S/C20H27N3O2/c1-4-23-12-18-17(14-25-3)11-22(13-19(18)21-23)20(24)10-9-16-8-6-5-7-15(16)2/h5-8,12,17H,4,9-11,13-14H2,1-3H3/t17-/m0/s1. The molecule has 5 heteroatoms. The smallest absolute Gasteiger partial charge is 0.223 e. The summed E-state index contributed by atoms with van der Waals surface area (Å²) >= 11 is 0. The van der Waals surface area contributed by atoms with E-state index in [2.05, 4.69) is 37.3 Å². The van der Waals surface area contributed by atoms with Crippen LogP contribution in [-0.4, -0.2) is 40.8 Å². The fourth-order valence-corrected chi connectivity index (χ4v) is 3.54. The van der Waals surface area contributed by atoms with Crippen LogP contribution in [0.4, 0.5) is 0 Å². The van der Waals surface area contributed by atoms with E-state index in [1.54, 1.807) is 7.11 Å². The van der Waals surface area contributed by atoms with Gasteiger partial charge in [0.05, 0.1) is 18.8 Å². The average molecular weight is 341 g/mol. The van der Waals surface area contributed by atoms with Gasteiger partial charge in [0.1, 0.15) is 0 Å². The summed E-state index contributed by atoms with van der Waals surface area (Å²) in [5.41, 5.74) is 4.73. The summed E-state index contributed by atoms with van der Waals surface area (Å²) in [6.45, 7) is 6.95. The van der Waals surface area contributed by atoms with Gasteiger partial charge in [-0.15, -0.1) is 0 Å². The van der Waals surface area contributed by atoms with Crippen LogP contribution in [0, 0.1) is 6.92 Å². The summed E-state index contributed by atoms with van der Waals surface area (Å²) in [4.78, 5) is 14.7. The van der Waals surface area contributed by atoms with Gasteiger partial charge in [0.25, 0.3) is 0 Å². The molecule has 0 spiro atoms. The Morgan fingerprint density at radius 3 is 2.88 bits per heavy atom. The molecule has 0 saturated heterocycles. The first-order chi connectivity index (χ1) is 12.1. The van der Waals surface area contributed by atoms with Gasteiger partial charge in [-0.2, -0.15) is 5.10 Å². The second-order valence-corrected chi connectivity index (χ2v) is 6.74. The number of ether oxygens (including phenoxy) is 1. The van der Waals surface area contributed by atoms with Crippen LogP contribution in [0.2, 0.25) is 0 Å². The molecule has 5 nitrogen and oxygen atoms in total. The van der Waals surface area contributed by atoms with Crippen LogP contribution < -0.4 is 0 Å². The van der Waals surface area contributed by atoms with Crippen molar-refractivity contribution in [3.63, 3.8) is 0 Å². The highest BCUT2D eigenvalue weighted by Gasteiger charge is 2.30.